The number of imide groups is 1. The smallest absolute Gasteiger partial charge is 0.416 e. The first-order valence-electron chi connectivity index (χ1n) is 7.31. The quantitative estimate of drug-likeness (QED) is 0.431. The average Bonchev–Trinajstić information content (AvgIpc) is 2.58. The lowest BCUT2D eigenvalue weighted by atomic mass is 10.1. The fourth-order valence-electron chi connectivity index (χ4n) is 1.64. The zero-order chi connectivity index (χ0) is 19.6. The zero-order valence-electron chi connectivity index (χ0n) is 13.8. The lowest BCUT2D eigenvalue weighted by Crippen LogP contribution is -2.42. The van der Waals surface area contributed by atoms with Gasteiger partial charge in [-0.1, -0.05) is 12.1 Å². The van der Waals surface area contributed by atoms with E-state index in [0.717, 1.165) is 24.3 Å². The lowest BCUT2D eigenvalue weighted by Gasteiger charge is -2.07. The number of ether oxygens (including phenoxy) is 2. The number of halogens is 3. The van der Waals surface area contributed by atoms with E-state index in [2.05, 4.69) is 10.1 Å². The van der Waals surface area contributed by atoms with E-state index in [0.29, 0.717) is 0 Å². The van der Waals surface area contributed by atoms with Crippen LogP contribution in [0.25, 0.3) is 6.08 Å². The molecule has 2 N–H and O–H groups in total. The molecule has 7 nitrogen and oxygen atoms in total. The van der Waals surface area contributed by atoms with Crippen LogP contribution in [0.2, 0.25) is 0 Å². The Morgan fingerprint density at radius 3 is 2.62 bits per heavy atom. The number of hydrogen-bond donors (Lipinski definition) is 2. The van der Waals surface area contributed by atoms with Crippen LogP contribution in [-0.4, -0.2) is 44.8 Å². The number of carbonyl (C=O) groups excluding carboxylic acids is 3. The molecule has 0 aromatic heterocycles. The summed E-state index contributed by atoms with van der Waals surface area (Å²) in [5.74, 6) is -1.81. The zero-order valence-corrected chi connectivity index (χ0v) is 13.8. The van der Waals surface area contributed by atoms with E-state index in [-0.39, 0.29) is 18.7 Å². The number of nitrogens with one attached hydrogen (secondary N) is 2. The van der Waals surface area contributed by atoms with E-state index in [9.17, 15) is 27.6 Å². The minimum atomic E-state index is -4.49. The maximum Gasteiger partial charge on any atom is 0.416 e. The minimum Gasteiger partial charge on any atom is -0.452 e. The number of urea groups is 1. The van der Waals surface area contributed by atoms with Crippen molar-refractivity contribution in [2.24, 2.45) is 0 Å². The van der Waals surface area contributed by atoms with Crippen molar-refractivity contribution in [3.05, 3.63) is 41.5 Å². The summed E-state index contributed by atoms with van der Waals surface area (Å²) in [6.45, 7) is -0.268. The summed E-state index contributed by atoms with van der Waals surface area (Å²) in [7, 11) is 1.44. The molecular weight excluding hydrogens is 357 g/mol. The molecule has 0 aliphatic rings. The van der Waals surface area contributed by atoms with Gasteiger partial charge in [-0.3, -0.25) is 10.1 Å². The second kappa shape index (κ2) is 10.2. The van der Waals surface area contributed by atoms with Crippen LogP contribution >= 0.6 is 0 Å². The van der Waals surface area contributed by atoms with Crippen LogP contribution in [0.3, 0.4) is 0 Å². The number of esters is 1. The summed E-state index contributed by atoms with van der Waals surface area (Å²) >= 11 is 0. The van der Waals surface area contributed by atoms with Crippen LogP contribution < -0.4 is 10.6 Å². The van der Waals surface area contributed by atoms with Crippen molar-refractivity contribution >= 4 is 24.0 Å². The molecule has 3 amide bonds. The van der Waals surface area contributed by atoms with Gasteiger partial charge in [0.25, 0.3) is 5.91 Å². The van der Waals surface area contributed by atoms with Crippen LogP contribution in [0.4, 0.5) is 18.0 Å². The van der Waals surface area contributed by atoms with Crippen LogP contribution in [0, 0.1) is 0 Å². The Labute approximate surface area is 147 Å². The van der Waals surface area contributed by atoms with E-state index in [1.54, 1.807) is 0 Å². The predicted molar refractivity (Wildman–Crippen MR) is 84.9 cm³/mol. The molecule has 1 rings (SSSR count). The van der Waals surface area contributed by atoms with Gasteiger partial charge < -0.3 is 14.8 Å². The molecule has 0 unspecified atom stereocenters. The molecule has 10 heteroatoms. The van der Waals surface area contributed by atoms with Gasteiger partial charge in [-0.25, -0.2) is 9.59 Å². The van der Waals surface area contributed by atoms with Crippen molar-refractivity contribution in [1.29, 1.82) is 0 Å². The fraction of sp³-hybridized carbons (Fsp3) is 0.312. The molecule has 1 aromatic rings. The number of alkyl halides is 3. The highest BCUT2D eigenvalue weighted by atomic mass is 19.4. The summed E-state index contributed by atoms with van der Waals surface area (Å²) in [4.78, 5) is 34.1. The van der Waals surface area contributed by atoms with Gasteiger partial charge in [-0.2, -0.15) is 13.2 Å². The highest BCUT2D eigenvalue weighted by Gasteiger charge is 2.30. The molecule has 0 aliphatic heterocycles. The molecular formula is C16H17F3N2O5. The average molecular weight is 374 g/mol. The summed E-state index contributed by atoms with van der Waals surface area (Å²) < 4.78 is 47.0. The molecule has 0 spiro atoms. The van der Waals surface area contributed by atoms with Gasteiger partial charge in [0.1, 0.15) is 0 Å². The van der Waals surface area contributed by atoms with Crippen LogP contribution in [0.5, 0.6) is 0 Å². The molecule has 26 heavy (non-hydrogen) atoms. The van der Waals surface area contributed by atoms with Crippen LogP contribution in [0.15, 0.2) is 30.3 Å². The second-order valence-electron chi connectivity index (χ2n) is 4.86. The van der Waals surface area contributed by atoms with E-state index >= 15 is 0 Å². The van der Waals surface area contributed by atoms with Gasteiger partial charge >= 0.3 is 18.2 Å². The van der Waals surface area contributed by atoms with E-state index in [1.165, 1.54) is 19.2 Å². The topological polar surface area (TPSA) is 93.7 Å². The third-order valence-corrected chi connectivity index (χ3v) is 2.82. The predicted octanol–water partition coefficient (Wildman–Crippen LogP) is 1.73. The molecule has 0 heterocycles. The van der Waals surface area contributed by atoms with Gasteiger partial charge in [-0.15, -0.1) is 0 Å². The normalized spacial score (nSPS) is 11.2. The lowest BCUT2D eigenvalue weighted by molar-refractivity contribution is -0.143. The van der Waals surface area contributed by atoms with Crippen molar-refractivity contribution in [2.75, 3.05) is 26.9 Å². The van der Waals surface area contributed by atoms with Crippen molar-refractivity contribution in [3.8, 4) is 0 Å². The van der Waals surface area contributed by atoms with Crippen LogP contribution in [0.1, 0.15) is 11.1 Å². The molecule has 0 fully saturated rings. The largest absolute Gasteiger partial charge is 0.452 e. The van der Waals surface area contributed by atoms with Gasteiger partial charge in [-0.05, 0) is 23.8 Å². The summed E-state index contributed by atoms with van der Waals surface area (Å²) in [6, 6.07) is 3.56. The Morgan fingerprint density at radius 1 is 1.23 bits per heavy atom. The number of amides is 3. The summed E-state index contributed by atoms with van der Waals surface area (Å²) in [5.41, 5.74) is -0.717. The number of carbonyl (C=O) groups is 3. The molecule has 0 aliphatic carbocycles. The highest BCUT2D eigenvalue weighted by Crippen LogP contribution is 2.29. The minimum absolute atomic E-state index is 0.138. The number of rotatable bonds is 7. The maximum absolute atomic E-state index is 12.6. The van der Waals surface area contributed by atoms with Crippen LogP contribution in [-0.2, 0) is 25.2 Å². The van der Waals surface area contributed by atoms with Crippen molar-refractivity contribution < 1.29 is 37.0 Å². The number of benzene rings is 1. The maximum atomic E-state index is 12.6. The summed E-state index contributed by atoms with van der Waals surface area (Å²) in [5, 5.41) is 4.25. The molecule has 142 valence electrons. The highest BCUT2D eigenvalue weighted by molar-refractivity contribution is 5.96. The second-order valence-corrected chi connectivity index (χ2v) is 4.86. The first-order chi connectivity index (χ1) is 12.2. The third-order valence-electron chi connectivity index (χ3n) is 2.82. The molecule has 1 aromatic carbocycles. The molecule has 0 atom stereocenters. The first kappa shape index (κ1) is 21.2. The Kier molecular flexibility index (Phi) is 8.29. The Balaban J connectivity index is 2.43. The molecule has 0 saturated carbocycles. The Morgan fingerprint density at radius 2 is 1.96 bits per heavy atom. The van der Waals surface area contributed by atoms with Gasteiger partial charge in [0.05, 0.1) is 12.2 Å². The summed E-state index contributed by atoms with van der Waals surface area (Å²) in [6.07, 6.45) is -2.50. The van der Waals surface area contributed by atoms with Gasteiger partial charge in [0, 0.05) is 19.7 Å². The molecule has 0 saturated heterocycles. The fourth-order valence-corrected chi connectivity index (χ4v) is 1.64. The van der Waals surface area contributed by atoms with Gasteiger partial charge in [0.2, 0.25) is 0 Å². The monoisotopic (exact) mass is 374 g/mol. The van der Waals surface area contributed by atoms with E-state index < -0.39 is 36.3 Å². The number of methoxy groups -OCH3 is 1. The van der Waals surface area contributed by atoms with Crippen molar-refractivity contribution in [2.45, 2.75) is 6.18 Å². The number of hydrogen-bond acceptors (Lipinski definition) is 5. The van der Waals surface area contributed by atoms with Gasteiger partial charge in [0.15, 0.2) is 6.61 Å². The third kappa shape index (κ3) is 8.29. The molecule has 0 bridgehead atoms. The Bertz CT molecular complexity index is 674. The van der Waals surface area contributed by atoms with Crippen molar-refractivity contribution in [1.82, 2.24) is 10.6 Å². The standard InChI is InChI=1S/C16H17F3N2O5/c1-25-8-7-20-15(24)21-13(22)10-26-14(23)6-5-11-3-2-4-12(9-11)16(17,18)19/h2-6,9H,7-8,10H2,1H3,(H2,20,21,22,24)/b6-5+. The SMILES string of the molecule is COCCNC(=O)NC(=O)COC(=O)/C=C/c1cccc(C(F)(F)F)c1. The Hall–Kier alpha value is -2.88. The van der Waals surface area contributed by atoms with Crippen molar-refractivity contribution in [3.63, 3.8) is 0 Å². The molecule has 0 radical (unpaired) electrons. The van der Waals surface area contributed by atoms with E-state index in [1.807, 2.05) is 5.32 Å². The van der Waals surface area contributed by atoms with E-state index in [4.69, 9.17) is 4.74 Å². The first-order valence-corrected chi connectivity index (χ1v) is 7.31.